The molecule has 0 bridgehead atoms. The summed E-state index contributed by atoms with van der Waals surface area (Å²) in [5, 5.41) is 21.2. The zero-order valence-electron chi connectivity index (χ0n) is 16.1. The molecule has 2 rings (SSSR count). The van der Waals surface area contributed by atoms with Crippen LogP contribution < -0.4 is 10.6 Å². The van der Waals surface area contributed by atoms with Gasteiger partial charge in [-0.3, -0.25) is 9.89 Å². The van der Waals surface area contributed by atoms with Gasteiger partial charge in [0.1, 0.15) is 5.60 Å². The van der Waals surface area contributed by atoms with Crippen LogP contribution in [0.3, 0.4) is 0 Å². The molecule has 0 spiro atoms. The Morgan fingerprint density at radius 2 is 1.96 bits per heavy atom. The molecule has 1 fully saturated rings. The lowest BCUT2D eigenvalue weighted by atomic mass is 9.99. The first-order valence-corrected chi connectivity index (χ1v) is 10.3. The number of hydrogen-bond donors (Lipinski definition) is 3. The van der Waals surface area contributed by atoms with E-state index in [1.54, 1.807) is 11.3 Å². The van der Waals surface area contributed by atoms with Gasteiger partial charge >= 0.3 is 0 Å². The highest BCUT2D eigenvalue weighted by molar-refractivity contribution is 7.08. The van der Waals surface area contributed by atoms with E-state index in [9.17, 15) is 5.11 Å². The molecule has 0 aromatic carbocycles. The lowest BCUT2D eigenvalue weighted by molar-refractivity contribution is 0.0621. The molecule has 1 aliphatic rings. The van der Waals surface area contributed by atoms with Crippen molar-refractivity contribution in [1.82, 2.24) is 15.5 Å². The van der Waals surface area contributed by atoms with Crippen molar-refractivity contribution in [3.63, 3.8) is 0 Å². The summed E-state index contributed by atoms with van der Waals surface area (Å²) in [5.41, 5.74) is 0.0894. The van der Waals surface area contributed by atoms with Gasteiger partial charge in [0.25, 0.3) is 0 Å². The van der Waals surface area contributed by atoms with Gasteiger partial charge in [0.15, 0.2) is 5.96 Å². The standard InChI is InChI=1S/C19H34N4OS/c1-5-20-17(22-15-19(4,24)16-9-12-25-13-16)21-14-18(2,3)23-10-7-6-8-11-23/h9,12-13,24H,5-8,10-11,14-15H2,1-4H3,(H2,20,21,22). The molecule has 1 aromatic rings. The molecule has 2 heterocycles. The van der Waals surface area contributed by atoms with Crippen molar-refractivity contribution in [2.24, 2.45) is 4.99 Å². The molecule has 0 aliphatic carbocycles. The molecule has 142 valence electrons. The maximum atomic E-state index is 10.7. The van der Waals surface area contributed by atoms with Crippen molar-refractivity contribution < 1.29 is 5.11 Å². The minimum atomic E-state index is -0.904. The highest BCUT2D eigenvalue weighted by atomic mass is 32.1. The molecule has 0 saturated carbocycles. The van der Waals surface area contributed by atoms with E-state index in [1.165, 1.54) is 32.4 Å². The summed E-state index contributed by atoms with van der Waals surface area (Å²) in [5.74, 6) is 0.767. The molecule has 1 atom stereocenters. The van der Waals surface area contributed by atoms with Crippen LogP contribution in [0.15, 0.2) is 21.8 Å². The number of aliphatic hydroxyl groups is 1. The molecule has 5 nitrogen and oxygen atoms in total. The number of nitrogens with zero attached hydrogens (tertiary/aromatic N) is 2. The third-order valence-corrected chi connectivity index (χ3v) is 5.61. The zero-order chi connectivity index (χ0) is 18.3. The molecule has 1 aromatic heterocycles. The summed E-state index contributed by atoms with van der Waals surface area (Å²) in [4.78, 5) is 7.34. The second-order valence-corrected chi connectivity index (χ2v) is 8.47. The molecule has 25 heavy (non-hydrogen) atoms. The van der Waals surface area contributed by atoms with E-state index >= 15 is 0 Å². The van der Waals surface area contributed by atoms with Gasteiger partial charge in [-0.15, -0.1) is 0 Å². The summed E-state index contributed by atoms with van der Waals surface area (Å²) >= 11 is 1.60. The van der Waals surface area contributed by atoms with Gasteiger partial charge in [0.05, 0.1) is 13.1 Å². The predicted octanol–water partition coefficient (Wildman–Crippen LogP) is 2.78. The lowest BCUT2D eigenvalue weighted by Crippen LogP contribution is -2.50. The molecular weight excluding hydrogens is 332 g/mol. The van der Waals surface area contributed by atoms with Crippen molar-refractivity contribution in [3.8, 4) is 0 Å². The minimum absolute atomic E-state index is 0.0542. The van der Waals surface area contributed by atoms with Crippen LogP contribution in [0.4, 0.5) is 0 Å². The van der Waals surface area contributed by atoms with E-state index in [-0.39, 0.29) is 5.54 Å². The minimum Gasteiger partial charge on any atom is -0.384 e. The summed E-state index contributed by atoms with van der Waals surface area (Å²) in [6.07, 6.45) is 3.92. The van der Waals surface area contributed by atoms with Crippen molar-refractivity contribution in [3.05, 3.63) is 22.4 Å². The van der Waals surface area contributed by atoms with Crippen LogP contribution in [0.1, 0.15) is 52.5 Å². The van der Waals surface area contributed by atoms with Crippen molar-refractivity contribution in [1.29, 1.82) is 0 Å². The van der Waals surface area contributed by atoms with Crippen LogP contribution in [0.2, 0.25) is 0 Å². The molecule has 6 heteroatoms. The topological polar surface area (TPSA) is 59.9 Å². The number of likely N-dealkylation sites (tertiary alicyclic amines) is 1. The normalized spacial score (nSPS) is 19.5. The average Bonchev–Trinajstić information content (AvgIpc) is 3.14. The highest BCUT2D eigenvalue weighted by Gasteiger charge is 2.28. The zero-order valence-corrected chi connectivity index (χ0v) is 17.0. The Morgan fingerprint density at radius 1 is 1.24 bits per heavy atom. The largest absolute Gasteiger partial charge is 0.384 e. The van der Waals surface area contributed by atoms with Gasteiger partial charge in [-0.25, -0.2) is 0 Å². The van der Waals surface area contributed by atoms with E-state index in [4.69, 9.17) is 4.99 Å². The fourth-order valence-corrected chi connectivity index (χ4v) is 3.93. The summed E-state index contributed by atoms with van der Waals surface area (Å²) in [6.45, 7) is 12.7. The quantitative estimate of drug-likeness (QED) is 0.513. The van der Waals surface area contributed by atoms with E-state index in [1.807, 2.05) is 23.8 Å². The maximum absolute atomic E-state index is 10.7. The van der Waals surface area contributed by atoms with E-state index in [0.717, 1.165) is 24.6 Å². The number of aliphatic imine (C=N–C) groups is 1. The van der Waals surface area contributed by atoms with Gasteiger partial charge in [-0.05, 0) is 76.0 Å². The van der Waals surface area contributed by atoms with E-state index < -0.39 is 5.60 Å². The molecule has 1 saturated heterocycles. The number of guanidine groups is 1. The van der Waals surface area contributed by atoms with Gasteiger partial charge in [0, 0.05) is 12.1 Å². The summed E-state index contributed by atoms with van der Waals surface area (Å²) in [6, 6.07) is 1.97. The van der Waals surface area contributed by atoms with Crippen LogP contribution in [0.25, 0.3) is 0 Å². The first-order chi connectivity index (χ1) is 11.8. The Bertz CT molecular complexity index is 534. The Hall–Kier alpha value is -1.11. The lowest BCUT2D eigenvalue weighted by Gasteiger charge is -2.40. The van der Waals surface area contributed by atoms with Gasteiger partial charge in [-0.2, -0.15) is 11.3 Å². The summed E-state index contributed by atoms with van der Waals surface area (Å²) < 4.78 is 0. The molecule has 0 radical (unpaired) electrons. The highest BCUT2D eigenvalue weighted by Crippen LogP contribution is 2.22. The molecular formula is C19H34N4OS. The number of thiophene rings is 1. The van der Waals surface area contributed by atoms with E-state index in [2.05, 4.69) is 36.3 Å². The fraction of sp³-hybridized carbons (Fsp3) is 0.737. The van der Waals surface area contributed by atoms with Crippen molar-refractivity contribution in [2.45, 2.75) is 58.1 Å². The van der Waals surface area contributed by atoms with Crippen LogP contribution in [-0.2, 0) is 5.60 Å². The van der Waals surface area contributed by atoms with Crippen LogP contribution in [0.5, 0.6) is 0 Å². The number of nitrogens with one attached hydrogen (secondary N) is 2. The second-order valence-electron chi connectivity index (χ2n) is 7.69. The first kappa shape index (κ1) is 20.2. The van der Waals surface area contributed by atoms with Gasteiger partial charge in [-0.1, -0.05) is 6.42 Å². The second kappa shape index (κ2) is 9.01. The van der Waals surface area contributed by atoms with Crippen LogP contribution in [0, 0.1) is 0 Å². The molecule has 1 aliphatic heterocycles. The number of piperidine rings is 1. The Morgan fingerprint density at radius 3 is 2.56 bits per heavy atom. The molecule has 1 unspecified atom stereocenters. The van der Waals surface area contributed by atoms with Crippen LogP contribution in [-0.4, -0.2) is 54.2 Å². The summed E-state index contributed by atoms with van der Waals surface area (Å²) in [7, 11) is 0. The predicted molar refractivity (Wildman–Crippen MR) is 107 cm³/mol. The van der Waals surface area contributed by atoms with Gasteiger partial charge in [0.2, 0.25) is 0 Å². The smallest absolute Gasteiger partial charge is 0.191 e. The van der Waals surface area contributed by atoms with Crippen molar-refractivity contribution >= 4 is 17.3 Å². The monoisotopic (exact) mass is 366 g/mol. The number of hydrogen-bond acceptors (Lipinski definition) is 4. The molecule has 3 N–H and O–H groups in total. The SMILES string of the molecule is CCNC(=NCC(C)(C)N1CCCCC1)NCC(C)(O)c1ccsc1. The van der Waals surface area contributed by atoms with Gasteiger partial charge < -0.3 is 15.7 Å². The Balaban J connectivity index is 1.95. The van der Waals surface area contributed by atoms with Crippen LogP contribution >= 0.6 is 11.3 Å². The third-order valence-electron chi connectivity index (χ3n) is 4.92. The average molecular weight is 367 g/mol. The third kappa shape index (κ3) is 5.97. The maximum Gasteiger partial charge on any atom is 0.191 e. The number of rotatable bonds is 7. The molecule has 0 amide bonds. The van der Waals surface area contributed by atoms with Crippen molar-refractivity contribution in [2.75, 3.05) is 32.7 Å². The Labute approximate surface area is 156 Å². The van der Waals surface area contributed by atoms with E-state index in [0.29, 0.717) is 6.54 Å². The first-order valence-electron chi connectivity index (χ1n) is 9.37. The fourth-order valence-electron chi connectivity index (χ4n) is 3.14. The Kier molecular flexibility index (Phi) is 7.28.